The van der Waals surface area contributed by atoms with Crippen molar-refractivity contribution in [3.63, 3.8) is 0 Å². The number of nitrogens with one attached hydrogen (secondary N) is 2. The molecule has 0 aliphatic heterocycles. The van der Waals surface area contributed by atoms with E-state index in [-0.39, 0.29) is 17.3 Å². The number of anilines is 3. The van der Waals surface area contributed by atoms with Gasteiger partial charge in [-0.1, -0.05) is 11.6 Å². The highest BCUT2D eigenvalue weighted by atomic mass is 35.5. The quantitative estimate of drug-likeness (QED) is 0.811. The van der Waals surface area contributed by atoms with Crippen molar-refractivity contribution < 1.29 is 9.59 Å². The monoisotopic (exact) mass is 304 g/mol. The Bertz CT molecular complexity index is 703. The molecule has 0 aliphatic rings. The van der Waals surface area contributed by atoms with Crippen molar-refractivity contribution >= 4 is 40.5 Å². The lowest BCUT2D eigenvalue weighted by atomic mass is 10.2. The molecule has 0 spiro atoms. The first-order chi connectivity index (χ1) is 9.97. The second-order valence-electron chi connectivity index (χ2n) is 4.27. The molecule has 6 nitrogen and oxygen atoms in total. The molecule has 2 aromatic rings. The summed E-state index contributed by atoms with van der Waals surface area (Å²) in [5, 5.41) is 5.54. The van der Waals surface area contributed by atoms with Gasteiger partial charge in [0.2, 0.25) is 5.91 Å². The second kappa shape index (κ2) is 6.23. The van der Waals surface area contributed by atoms with Gasteiger partial charge in [-0.2, -0.15) is 0 Å². The van der Waals surface area contributed by atoms with E-state index in [9.17, 15) is 9.59 Å². The van der Waals surface area contributed by atoms with Gasteiger partial charge in [-0.25, -0.2) is 4.98 Å². The van der Waals surface area contributed by atoms with E-state index in [4.69, 9.17) is 17.3 Å². The molecule has 0 fully saturated rings. The van der Waals surface area contributed by atoms with Crippen molar-refractivity contribution in [2.75, 3.05) is 16.4 Å². The number of amides is 2. The van der Waals surface area contributed by atoms with Crippen molar-refractivity contribution in [3.05, 3.63) is 47.2 Å². The average molecular weight is 305 g/mol. The van der Waals surface area contributed by atoms with Crippen molar-refractivity contribution in [2.24, 2.45) is 0 Å². The summed E-state index contributed by atoms with van der Waals surface area (Å²) in [5.41, 5.74) is 7.06. The van der Waals surface area contributed by atoms with Crippen LogP contribution in [0, 0.1) is 0 Å². The van der Waals surface area contributed by atoms with E-state index in [2.05, 4.69) is 15.6 Å². The van der Waals surface area contributed by atoms with Crippen LogP contribution in [-0.4, -0.2) is 16.8 Å². The molecular formula is C14H13ClN4O2. The number of halogens is 1. The number of carbonyl (C=O) groups excluding carboxylic acids is 2. The van der Waals surface area contributed by atoms with Gasteiger partial charge in [0.1, 0.15) is 0 Å². The number of pyridine rings is 1. The minimum absolute atomic E-state index is 0.138. The molecule has 0 aliphatic carbocycles. The van der Waals surface area contributed by atoms with Crippen LogP contribution in [0.2, 0.25) is 5.02 Å². The Morgan fingerprint density at radius 2 is 2.00 bits per heavy atom. The van der Waals surface area contributed by atoms with Crippen LogP contribution in [0.1, 0.15) is 17.4 Å². The van der Waals surface area contributed by atoms with Gasteiger partial charge in [-0.3, -0.25) is 9.59 Å². The molecule has 2 rings (SSSR count). The fourth-order valence-electron chi connectivity index (χ4n) is 1.68. The topological polar surface area (TPSA) is 97.1 Å². The number of hydrogen-bond acceptors (Lipinski definition) is 4. The van der Waals surface area contributed by atoms with Gasteiger partial charge >= 0.3 is 0 Å². The van der Waals surface area contributed by atoms with E-state index in [1.54, 1.807) is 24.3 Å². The lowest BCUT2D eigenvalue weighted by molar-refractivity contribution is -0.114. The van der Waals surface area contributed by atoms with Gasteiger partial charge < -0.3 is 16.4 Å². The Hall–Kier alpha value is -2.60. The largest absolute Gasteiger partial charge is 0.397 e. The van der Waals surface area contributed by atoms with E-state index in [1.165, 1.54) is 19.2 Å². The first-order valence-electron chi connectivity index (χ1n) is 6.06. The van der Waals surface area contributed by atoms with Crippen molar-refractivity contribution in [2.45, 2.75) is 6.92 Å². The second-order valence-corrected chi connectivity index (χ2v) is 4.68. The number of rotatable bonds is 3. The molecule has 2 amide bonds. The van der Waals surface area contributed by atoms with E-state index in [1.807, 2.05) is 0 Å². The highest BCUT2D eigenvalue weighted by Gasteiger charge is 2.12. The number of aromatic nitrogens is 1. The van der Waals surface area contributed by atoms with Gasteiger partial charge in [-0.05, 0) is 30.3 Å². The molecular weight excluding hydrogens is 292 g/mol. The lowest BCUT2D eigenvalue weighted by Gasteiger charge is -2.09. The standard InChI is InChI=1S/C14H13ClN4O2/c1-8(20)18-12-5-4-9(7-10(12)15)19-14(21)13-11(16)3-2-6-17-13/h2-7H,16H2,1H3,(H,18,20)(H,19,21). The van der Waals surface area contributed by atoms with Crippen LogP contribution in [0.25, 0.3) is 0 Å². The number of benzene rings is 1. The fraction of sp³-hybridized carbons (Fsp3) is 0.0714. The van der Waals surface area contributed by atoms with Gasteiger partial charge in [0.05, 0.1) is 16.4 Å². The Morgan fingerprint density at radius 3 is 2.62 bits per heavy atom. The highest BCUT2D eigenvalue weighted by Crippen LogP contribution is 2.26. The predicted molar refractivity (Wildman–Crippen MR) is 82.4 cm³/mol. The predicted octanol–water partition coefficient (Wildman–Crippen LogP) is 2.53. The van der Waals surface area contributed by atoms with E-state index < -0.39 is 5.91 Å². The first kappa shape index (κ1) is 14.8. The van der Waals surface area contributed by atoms with Gasteiger partial charge in [0.25, 0.3) is 5.91 Å². The molecule has 7 heteroatoms. The zero-order valence-electron chi connectivity index (χ0n) is 11.2. The number of carbonyl (C=O) groups is 2. The third kappa shape index (κ3) is 3.70. The van der Waals surface area contributed by atoms with Gasteiger partial charge in [0.15, 0.2) is 5.69 Å². The summed E-state index contributed by atoms with van der Waals surface area (Å²) in [4.78, 5) is 27.0. The first-order valence-corrected chi connectivity index (χ1v) is 6.44. The van der Waals surface area contributed by atoms with Crippen molar-refractivity contribution in [3.8, 4) is 0 Å². The molecule has 0 radical (unpaired) electrons. The Kier molecular flexibility index (Phi) is 4.39. The molecule has 0 unspecified atom stereocenters. The van der Waals surface area contributed by atoms with E-state index >= 15 is 0 Å². The average Bonchev–Trinajstić information content (AvgIpc) is 2.42. The zero-order valence-corrected chi connectivity index (χ0v) is 11.9. The van der Waals surface area contributed by atoms with Crippen LogP contribution >= 0.6 is 11.6 Å². The maximum Gasteiger partial charge on any atom is 0.276 e. The smallest absolute Gasteiger partial charge is 0.276 e. The molecule has 0 saturated heterocycles. The molecule has 1 heterocycles. The SMILES string of the molecule is CC(=O)Nc1ccc(NC(=O)c2ncccc2N)cc1Cl. The molecule has 0 atom stereocenters. The number of nitrogen functional groups attached to an aromatic ring is 1. The van der Waals surface area contributed by atoms with Crippen molar-refractivity contribution in [1.29, 1.82) is 0 Å². The zero-order chi connectivity index (χ0) is 15.4. The summed E-state index contributed by atoms with van der Waals surface area (Å²) in [7, 11) is 0. The van der Waals surface area contributed by atoms with Gasteiger partial charge in [0, 0.05) is 18.8 Å². The Balaban J connectivity index is 2.17. The van der Waals surface area contributed by atoms with E-state index in [0.717, 1.165) is 0 Å². The maximum atomic E-state index is 12.0. The third-order valence-electron chi connectivity index (χ3n) is 2.59. The number of nitrogens with two attached hydrogens (primary N) is 1. The number of hydrogen-bond donors (Lipinski definition) is 3. The molecule has 4 N–H and O–H groups in total. The van der Waals surface area contributed by atoms with Crippen LogP contribution in [-0.2, 0) is 4.79 Å². The third-order valence-corrected chi connectivity index (χ3v) is 2.90. The van der Waals surface area contributed by atoms with Crippen LogP contribution in [0.3, 0.4) is 0 Å². The highest BCUT2D eigenvalue weighted by molar-refractivity contribution is 6.34. The molecule has 108 valence electrons. The summed E-state index contributed by atoms with van der Waals surface area (Å²) < 4.78 is 0. The molecule has 0 bridgehead atoms. The minimum Gasteiger partial charge on any atom is -0.397 e. The number of nitrogens with zero attached hydrogens (tertiary/aromatic N) is 1. The van der Waals surface area contributed by atoms with Crippen molar-refractivity contribution in [1.82, 2.24) is 4.98 Å². The Morgan fingerprint density at radius 1 is 1.24 bits per heavy atom. The molecule has 1 aromatic carbocycles. The van der Waals surface area contributed by atoms with Crippen LogP contribution < -0.4 is 16.4 Å². The summed E-state index contributed by atoms with van der Waals surface area (Å²) in [6.45, 7) is 1.38. The van der Waals surface area contributed by atoms with Crippen LogP contribution in [0.5, 0.6) is 0 Å². The normalized spacial score (nSPS) is 10.0. The summed E-state index contributed by atoms with van der Waals surface area (Å²) >= 11 is 6.03. The van der Waals surface area contributed by atoms with Gasteiger partial charge in [-0.15, -0.1) is 0 Å². The maximum absolute atomic E-state index is 12.0. The fourth-order valence-corrected chi connectivity index (χ4v) is 1.91. The van der Waals surface area contributed by atoms with E-state index in [0.29, 0.717) is 16.4 Å². The lowest BCUT2D eigenvalue weighted by Crippen LogP contribution is -2.15. The molecule has 0 saturated carbocycles. The minimum atomic E-state index is -0.434. The Labute approximate surface area is 126 Å². The molecule has 21 heavy (non-hydrogen) atoms. The van der Waals surface area contributed by atoms with Crippen LogP contribution in [0.15, 0.2) is 36.5 Å². The summed E-state index contributed by atoms with van der Waals surface area (Å²) in [5.74, 6) is -0.661. The van der Waals surface area contributed by atoms with Crippen LogP contribution in [0.4, 0.5) is 17.1 Å². The summed E-state index contributed by atoms with van der Waals surface area (Å²) in [6.07, 6.45) is 1.48. The molecule has 1 aromatic heterocycles. The summed E-state index contributed by atoms with van der Waals surface area (Å²) in [6, 6.07) is 7.99.